The maximum absolute atomic E-state index is 13.7. The van der Waals surface area contributed by atoms with Gasteiger partial charge in [-0.05, 0) is 49.6 Å². The lowest BCUT2D eigenvalue weighted by molar-refractivity contribution is -0.386. The summed E-state index contributed by atoms with van der Waals surface area (Å²) < 4.78 is 13.7. The topological polar surface area (TPSA) is 43.1 Å². The van der Waals surface area contributed by atoms with Gasteiger partial charge in [0.1, 0.15) is 0 Å². The number of nitro groups is 1. The molecule has 3 nitrogen and oxygen atoms in total. The van der Waals surface area contributed by atoms with E-state index in [9.17, 15) is 14.5 Å². The summed E-state index contributed by atoms with van der Waals surface area (Å²) >= 11 is 0. The van der Waals surface area contributed by atoms with Crippen LogP contribution in [0.15, 0.2) is 30.3 Å². The third-order valence-corrected chi connectivity index (χ3v) is 3.12. The smallest absolute Gasteiger partial charge is 0.258 e. The zero-order valence-electron chi connectivity index (χ0n) is 11.0. The molecule has 0 aliphatic heterocycles. The number of nitro benzene ring substituents is 1. The van der Waals surface area contributed by atoms with Gasteiger partial charge in [0, 0.05) is 0 Å². The molecule has 4 heteroatoms. The second kappa shape index (κ2) is 4.80. The van der Waals surface area contributed by atoms with Crippen molar-refractivity contribution in [2.75, 3.05) is 0 Å². The molecule has 2 rings (SSSR count). The van der Waals surface area contributed by atoms with E-state index in [1.54, 1.807) is 6.07 Å². The average molecular weight is 259 g/mol. The van der Waals surface area contributed by atoms with Gasteiger partial charge in [-0.3, -0.25) is 10.1 Å². The van der Waals surface area contributed by atoms with E-state index >= 15 is 0 Å². The van der Waals surface area contributed by atoms with E-state index in [1.165, 1.54) is 6.07 Å². The summed E-state index contributed by atoms with van der Waals surface area (Å²) in [6.45, 7) is 5.72. The monoisotopic (exact) mass is 259 g/mol. The van der Waals surface area contributed by atoms with Crippen molar-refractivity contribution in [1.29, 1.82) is 0 Å². The number of aryl methyl sites for hydroxylation is 3. The van der Waals surface area contributed by atoms with E-state index in [0.717, 1.165) is 28.3 Å². The third-order valence-electron chi connectivity index (χ3n) is 3.12. The van der Waals surface area contributed by atoms with E-state index in [0.29, 0.717) is 5.56 Å². The molecule has 2 aromatic rings. The van der Waals surface area contributed by atoms with Crippen LogP contribution in [0.4, 0.5) is 10.1 Å². The van der Waals surface area contributed by atoms with Gasteiger partial charge >= 0.3 is 5.69 Å². The molecule has 0 aliphatic rings. The number of benzene rings is 2. The molecule has 0 aliphatic carbocycles. The predicted octanol–water partition coefficient (Wildman–Crippen LogP) is 4.33. The highest BCUT2D eigenvalue weighted by molar-refractivity contribution is 5.79. The zero-order valence-corrected chi connectivity index (χ0v) is 11.0. The lowest BCUT2D eigenvalue weighted by Crippen LogP contribution is -1.98. The fourth-order valence-corrected chi connectivity index (χ4v) is 2.51. The standard InChI is InChI=1S/C15H14FNO2/c1-9-7-10(2)14(11(3)8-9)12-5-4-6-13(16)15(12)17(18)19/h4-8H,1-3H3. The SMILES string of the molecule is Cc1cc(C)c(-c2cccc(F)c2[N+](=O)[O-])c(C)c1. The Morgan fingerprint density at radius 3 is 2.21 bits per heavy atom. The number of para-hydroxylation sites is 1. The van der Waals surface area contributed by atoms with E-state index in [2.05, 4.69) is 0 Å². The molecule has 0 spiro atoms. The molecule has 98 valence electrons. The minimum atomic E-state index is -0.804. The lowest BCUT2D eigenvalue weighted by Gasteiger charge is -2.12. The van der Waals surface area contributed by atoms with E-state index in [1.807, 2.05) is 32.9 Å². The van der Waals surface area contributed by atoms with Crippen LogP contribution in [0.5, 0.6) is 0 Å². The Bertz CT molecular complexity index is 642. The summed E-state index contributed by atoms with van der Waals surface area (Å²) in [5, 5.41) is 11.1. The molecule has 0 heterocycles. The fraction of sp³-hybridized carbons (Fsp3) is 0.200. The summed E-state index contributed by atoms with van der Waals surface area (Å²) in [5.74, 6) is -0.804. The van der Waals surface area contributed by atoms with Crippen LogP contribution in [0.2, 0.25) is 0 Å². The fourth-order valence-electron chi connectivity index (χ4n) is 2.51. The van der Waals surface area contributed by atoms with Crippen LogP contribution in [0.3, 0.4) is 0 Å². The third kappa shape index (κ3) is 2.34. The summed E-state index contributed by atoms with van der Waals surface area (Å²) in [6, 6.07) is 8.08. The Morgan fingerprint density at radius 2 is 1.68 bits per heavy atom. The minimum absolute atomic E-state index is 0.333. The number of rotatable bonds is 2. The van der Waals surface area contributed by atoms with Crippen molar-refractivity contribution in [1.82, 2.24) is 0 Å². The molecular formula is C15H14FNO2. The second-order valence-electron chi connectivity index (χ2n) is 4.67. The van der Waals surface area contributed by atoms with Gasteiger partial charge in [-0.25, -0.2) is 0 Å². The highest BCUT2D eigenvalue weighted by atomic mass is 19.1. The first-order chi connectivity index (χ1) is 8.91. The van der Waals surface area contributed by atoms with E-state index in [4.69, 9.17) is 0 Å². The van der Waals surface area contributed by atoms with Gasteiger partial charge in [0.05, 0.1) is 10.5 Å². The van der Waals surface area contributed by atoms with Crippen LogP contribution in [-0.4, -0.2) is 4.92 Å². The minimum Gasteiger partial charge on any atom is -0.258 e. The van der Waals surface area contributed by atoms with Gasteiger partial charge in [0.15, 0.2) is 0 Å². The maximum Gasteiger partial charge on any atom is 0.312 e. The molecule has 0 radical (unpaired) electrons. The lowest BCUT2D eigenvalue weighted by atomic mass is 9.93. The number of halogens is 1. The highest BCUT2D eigenvalue weighted by Crippen LogP contribution is 2.36. The number of hydrogen-bond donors (Lipinski definition) is 0. The molecule has 0 fully saturated rings. The Balaban J connectivity index is 2.80. The van der Waals surface area contributed by atoms with Crippen molar-refractivity contribution in [2.24, 2.45) is 0 Å². The molecule has 2 aromatic carbocycles. The van der Waals surface area contributed by atoms with Crippen LogP contribution in [-0.2, 0) is 0 Å². The molecular weight excluding hydrogens is 245 g/mol. The summed E-state index contributed by atoms with van der Waals surface area (Å²) in [4.78, 5) is 10.4. The average Bonchev–Trinajstić information content (AvgIpc) is 2.26. The van der Waals surface area contributed by atoms with Crippen molar-refractivity contribution < 1.29 is 9.31 Å². The van der Waals surface area contributed by atoms with Gasteiger partial charge in [0.2, 0.25) is 5.82 Å². The van der Waals surface area contributed by atoms with Crippen molar-refractivity contribution in [3.63, 3.8) is 0 Å². The first-order valence-electron chi connectivity index (χ1n) is 5.93. The molecule has 0 saturated heterocycles. The Labute approximate surface area is 110 Å². The van der Waals surface area contributed by atoms with Crippen molar-refractivity contribution in [2.45, 2.75) is 20.8 Å². The largest absolute Gasteiger partial charge is 0.312 e. The molecule has 0 aromatic heterocycles. The van der Waals surface area contributed by atoms with Gasteiger partial charge in [0.25, 0.3) is 0 Å². The molecule has 0 amide bonds. The molecule has 0 bridgehead atoms. The van der Waals surface area contributed by atoms with Crippen LogP contribution in [0, 0.1) is 36.7 Å². The van der Waals surface area contributed by atoms with E-state index in [-0.39, 0.29) is 0 Å². The maximum atomic E-state index is 13.7. The second-order valence-corrected chi connectivity index (χ2v) is 4.67. The molecule has 0 unspecified atom stereocenters. The van der Waals surface area contributed by atoms with Crippen LogP contribution < -0.4 is 0 Å². The van der Waals surface area contributed by atoms with Crippen LogP contribution in [0.25, 0.3) is 11.1 Å². The Morgan fingerprint density at radius 1 is 1.11 bits per heavy atom. The van der Waals surface area contributed by atoms with Crippen LogP contribution in [0.1, 0.15) is 16.7 Å². The molecule has 0 N–H and O–H groups in total. The van der Waals surface area contributed by atoms with Gasteiger partial charge in [-0.1, -0.05) is 23.8 Å². The van der Waals surface area contributed by atoms with Gasteiger partial charge in [-0.15, -0.1) is 0 Å². The van der Waals surface area contributed by atoms with Gasteiger partial charge in [-0.2, -0.15) is 4.39 Å². The van der Waals surface area contributed by atoms with E-state index < -0.39 is 16.4 Å². The quantitative estimate of drug-likeness (QED) is 0.595. The predicted molar refractivity (Wildman–Crippen MR) is 72.7 cm³/mol. The number of hydrogen-bond acceptors (Lipinski definition) is 2. The van der Waals surface area contributed by atoms with Gasteiger partial charge < -0.3 is 0 Å². The Hall–Kier alpha value is -2.23. The summed E-state index contributed by atoms with van der Waals surface area (Å²) in [7, 11) is 0. The van der Waals surface area contributed by atoms with Crippen molar-refractivity contribution in [3.8, 4) is 11.1 Å². The summed E-state index contributed by atoms with van der Waals surface area (Å²) in [6.07, 6.45) is 0. The van der Waals surface area contributed by atoms with Crippen LogP contribution >= 0.6 is 0 Å². The number of nitrogens with zero attached hydrogens (tertiary/aromatic N) is 1. The molecule has 0 atom stereocenters. The summed E-state index contributed by atoms with van der Waals surface area (Å²) in [5.41, 5.74) is 3.50. The Kier molecular flexibility index (Phi) is 3.34. The van der Waals surface area contributed by atoms with Crippen molar-refractivity contribution in [3.05, 3.63) is 63.0 Å². The van der Waals surface area contributed by atoms with Crippen molar-refractivity contribution >= 4 is 5.69 Å². The molecule has 0 saturated carbocycles. The molecule has 19 heavy (non-hydrogen) atoms. The first kappa shape index (κ1) is 13.2. The highest BCUT2D eigenvalue weighted by Gasteiger charge is 2.22. The zero-order chi connectivity index (χ0) is 14.2. The first-order valence-corrected chi connectivity index (χ1v) is 5.93. The normalized spacial score (nSPS) is 10.5.